The molecule has 0 atom stereocenters. The number of nitrogens with zero attached hydrogens (tertiary/aromatic N) is 1. The van der Waals surface area contributed by atoms with E-state index >= 15 is 0 Å². The Morgan fingerprint density at radius 3 is 2.33 bits per heavy atom. The Labute approximate surface area is 163 Å². The summed E-state index contributed by atoms with van der Waals surface area (Å²) in [5.41, 5.74) is 2.35. The highest BCUT2D eigenvalue weighted by atomic mass is 16.2. The van der Waals surface area contributed by atoms with Gasteiger partial charge in [-0.1, -0.05) is 43.5 Å². The normalized spacial score (nSPS) is 14.8. The summed E-state index contributed by atoms with van der Waals surface area (Å²) in [7, 11) is 4.09. The number of carbonyl (C=O) groups is 2. The van der Waals surface area contributed by atoms with Crippen LogP contribution >= 0.6 is 0 Å². The van der Waals surface area contributed by atoms with Gasteiger partial charge in [-0.15, -0.1) is 0 Å². The second kappa shape index (κ2) is 11.6. The van der Waals surface area contributed by atoms with Crippen LogP contribution in [0.4, 0.5) is 4.79 Å². The van der Waals surface area contributed by atoms with Crippen molar-refractivity contribution in [3.05, 3.63) is 35.4 Å². The first-order valence-electron chi connectivity index (χ1n) is 10.1. The Kier molecular flexibility index (Phi) is 9.11. The summed E-state index contributed by atoms with van der Waals surface area (Å²) in [6.07, 6.45) is 6.88. The minimum Gasteiger partial charge on any atom is -0.352 e. The number of hydrogen-bond acceptors (Lipinski definition) is 3. The molecule has 0 aliphatic heterocycles. The predicted molar refractivity (Wildman–Crippen MR) is 108 cm³/mol. The minimum absolute atomic E-state index is 0.0156. The highest BCUT2D eigenvalue weighted by Gasteiger charge is 2.15. The van der Waals surface area contributed by atoms with E-state index in [2.05, 4.69) is 45.1 Å². The monoisotopic (exact) mass is 374 g/mol. The molecule has 0 aromatic heterocycles. The van der Waals surface area contributed by atoms with Crippen LogP contribution in [0.5, 0.6) is 0 Å². The van der Waals surface area contributed by atoms with Crippen molar-refractivity contribution in [1.29, 1.82) is 0 Å². The minimum atomic E-state index is -0.111. The molecule has 1 aromatic rings. The molecule has 3 N–H and O–H groups in total. The van der Waals surface area contributed by atoms with Gasteiger partial charge in [0.25, 0.3) is 0 Å². The molecule has 0 bridgehead atoms. The molecule has 6 nitrogen and oxygen atoms in total. The van der Waals surface area contributed by atoms with Gasteiger partial charge in [-0.3, -0.25) is 4.79 Å². The van der Waals surface area contributed by atoms with Crippen molar-refractivity contribution in [3.8, 4) is 0 Å². The molecule has 0 unspecified atom stereocenters. The molecular formula is C21H34N4O2. The molecule has 0 spiro atoms. The summed E-state index contributed by atoms with van der Waals surface area (Å²) in [5.74, 6) is 0.0156. The van der Waals surface area contributed by atoms with Crippen molar-refractivity contribution in [1.82, 2.24) is 20.9 Å². The van der Waals surface area contributed by atoms with E-state index in [1.54, 1.807) is 0 Å². The Morgan fingerprint density at radius 1 is 1.00 bits per heavy atom. The highest BCUT2D eigenvalue weighted by molar-refractivity contribution is 5.76. The molecule has 1 aliphatic rings. The summed E-state index contributed by atoms with van der Waals surface area (Å²) in [6, 6.07) is 8.49. The number of benzene rings is 1. The first kappa shape index (κ1) is 21.2. The molecule has 150 valence electrons. The van der Waals surface area contributed by atoms with E-state index in [0.29, 0.717) is 32.0 Å². The smallest absolute Gasteiger partial charge is 0.315 e. The molecule has 6 heteroatoms. The van der Waals surface area contributed by atoms with Crippen molar-refractivity contribution in [3.63, 3.8) is 0 Å². The van der Waals surface area contributed by atoms with Gasteiger partial charge in [0.05, 0.1) is 0 Å². The molecule has 0 saturated heterocycles. The number of amides is 3. The predicted octanol–water partition coefficient (Wildman–Crippen LogP) is 2.78. The summed E-state index contributed by atoms with van der Waals surface area (Å²) in [6.45, 7) is 1.97. The van der Waals surface area contributed by atoms with E-state index in [4.69, 9.17) is 0 Å². The van der Waals surface area contributed by atoms with Crippen molar-refractivity contribution in [2.24, 2.45) is 0 Å². The number of hydrogen-bond donors (Lipinski definition) is 3. The standard InChI is InChI=1S/C21H34N4O2/c1-25(2)16-18-12-10-17(11-13-18)15-23-20(26)9-6-14-22-21(27)24-19-7-4-3-5-8-19/h10-13,19H,3-9,14-16H2,1-2H3,(H,23,26)(H2,22,24,27). The van der Waals surface area contributed by atoms with Gasteiger partial charge >= 0.3 is 6.03 Å². The fourth-order valence-electron chi connectivity index (χ4n) is 3.35. The van der Waals surface area contributed by atoms with E-state index in [0.717, 1.165) is 24.9 Å². The number of nitrogens with one attached hydrogen (secondary N) is 3. The van der Waals surface area contributed by atoms with Crippen molar-refractivity contribution < 1.29 is 9.59 Å². The third kappa shape index (κ3) is 8.91. The lowest BCUT2D eigenvalue weighted by atomic mass is 9.96. The van der Waals surface area contributed by atoms with E-state index < -0.39 is 0 Å². The van der Waals surface area contributed by atoms with Gasteiger partial charge in [0.1, 0.15) is 0 Å². The average Bonchev–Trinajstić information content (AvgIpc) is 2.65. The second-order valence-corrected chi connectivity index (χ2v) is 7.67. The molecule has 2 rings (SSSR count). The van der Waals surface area contributed by atoms with E-state index in [1.807, 2.05) is 14.1 Å². The molecule has 1 saturated carbocycles. The Morgan fingerprint density at radius 2 is 1.67 bits per heavy atom. The van der Waals surface area contributed by atoms with Gasteiger partial charge in [0, 0.05) is 32.1 Å². The van der Waals surface area contributed by atoms with Crippen LogP contribution in [0.25, 0.3) is 0 Å². The molecule has 1 aliphatic carbocycles. The highest BCUT2D eigenvalue weighted by Crippen LogP contribution is 2.17. The van der Waals surface area contributed by atoms with Crippen molar-refractivity contribution >= 4 is 11.9 Å². The van der Waals surface area contributed by atoms with Crippen molar-refractivity contribution in [2.75, 3.05) is 20.6 Å². The second-order valence-electron chi connectivity index (χ2n) is 7.67. The maximum atomic E-state index is 11.9. The van der Waals surface area contributed by atoms with Gasteiger partial charge in [0.2, 0.25) is 5.91 Å². The van der Waals surface area contributed by atoms with Crippen LogP contribution in [-0.2, 0) is 17.9 Å². The molecule has 1 aromatic carbocycles. The largest absolute Gasteiger partial charge is 0.352 e. The van der Waals surface area contributed by atoms with E-state index in [9.17, 15) is 9.59 Å². The molecule has 0 heterocycles. The van der Waals surface area contributed by atoms with Crippen LogP contribution in [0.2, 0.25) is 0 Å². The fraction of sp³-hybridized carbons (Fsp3) is 0.619. The van der Waals surface area contributed by atoms with Crippen LogP contribution in [0.1, 0.15) is 56.1 Å². The van der Waals surface area contributed by atoms with Crippen LogP contribution in [0.3, 0.4) is 0 Å². The van der Waals surface area contributed by atoms with E-state index in [1.165, 1.54) is 24.8 Å². The number of carbonyl (C=O) groups excluding carboxylic acids is 2. The molecule has 0 radical (unpaired) electrons. The van der Waals surface area contributed by atoms with Gasteiger partial charge in [-0.2, -0.15) is 0 Å². The molecule has 3 amide bonds. The van der Waals surface area contributed by atoms with Crippen molar-refractivity contribution in [2.45, 2.75) is 64.1 Å². The topological polar surface area (TPSA) is 73.5 Å². The Balaban J connectivity index is 1.54. The molecule has 1 fully saturated rings. The Hall–Kier alpha value is -2.08. The summed E-state index contributed by atoms with van der Waals surface area (Å²) in [5, 5.41) is 8.80. The molecule has 27 heavy (non-hydrogen) atoms. The lowest BCUT2D eigenvalue weighted by Gasteiger charge is -2.22. The third-order valence-electron chi connectivity index (χ3n) is 4.82. The molecular weight excluding hydrogens is 340 g/mol. The lowest BCUT2D eigenvalue weighted by molar-refractivity contribution is -0.121. The lowest BCUT2D eigenvalue weighted by Crippen LogP contribution is -2.43. The van der Waals surface area contributed by atoms with Crippen LogP contribution in [0.15, 0.2) is 24.3 Å². The SMILES string of the molecule is CN(C)Cc1ccc(CNC(=O)CCCNC(=O)NC2CCCCC2)cc1. The maximum Gasteiger partial charge on any atom is 0.315 e. The van der Waals surface area contributed by atoms with Crippen LogP contribution in [0, 0.1) is 0 Å². The zero-order valence-electron chi connectivity index (χ0n) is 16.7. The summed E-state index contributed by atoms with van der Waals surface area (Å²) in [4.78, 5) is 25.9. The zero-order valence-corrected chi connectivity index (χ0v) is 16.7. The summed E-state index contributed by atoms with van der Waals surface area (Å²) >= 11 is 0. The number of rotatable bonds is 9. The first-order chi connectivity index (χ1) is 13.0. The van der Waals surface area contributed by atoms with Gasteiger partial charge < -0.3 is 20.9 Å². The number of urea groups is 1. The summed E-state index contributed by atoms with van der Waals surface area (Å²) < 4.78 is 0. The van der Waals surface area contributed by atoms with Gasteiger partial charge in [-0.05, 0) is 44.5 Å². The first-order valence-corrected chi connectivity index (χ1v) is 10.1. The van der Waals surface area contributed by atoms with Gasteiger partial charge in [-0.25, -0.2) is 4.79 Å². The third-order valence-corrected chi connectivity index (χ3v) is 4.82. The van der Waals surface area contributed by atoms with Gasteiger partial charge in [0.15, 0.2) is 0 Å². The van der Waals surface area contributed by atoms with E-state index in [-0.39, 0.29) is 11.9 Å². The maximum absolute atomic E-state index is 11.9. The zero-order chi connectivity index (χ0) is 19.5. The quantitative estimate of drug-likeness (QED) is 0.582. The van der Waals surface area contributed by atoms with Crippen LogP contribution < -0.4 is 16.0 Å². The fourth-order valence-corrected chi connectivity index (χ4v) is 3.35. The van der Waals surface area contributed by atoms with Crippen LogP contribution in [-0.4, -0.2) is 43.5 Å². The Bertz CT molecular complexity index is 580. The average molecular weight is 375 g/mol.